The zero-order chi connectivity index (χ0) is 8.36. The van der Waals surface area contributed by atoms with Crippen LogP contribution in [-0.4, -0.2) is 21.0 Å². The van der Waals surface area contributed by atoms with Gasteiger partial charge in [0, 0.05) is 0 Å². The maximum absolute atomic E-state index is 12.3. The largest absolute Gasteiger partial charge is 0.481 e. The molecule has 0 aliphatic carbocycles. The van der Waals surface area contributed by atoms with Gasteiger partial charge in [-0.05, 0) is 0 Å². The fourth-order valence-electron chi connectivity index (χ4n) is 0.269. The van der Waals surface area contributed by atoms with Gasteiger partial charge in [-0.2, -0.15) is 0 Å². The number of carboxylic acid groups (broad SMARTS) is 1. The molecule has 1 N–H and O–H groups in total. The Morgan fingerprint density at radius 3 is 2.20 bits per heavy atom. The lowest BCUT2D eigenvalue weighted by molar-refractivity contribution is -0.137. The summed E-state index contributed by atoms with van der Waals surface area (Å²) in [6.07, 6.45) is -0.606. The van der Waals surface area contributed by atoms with Crippen molar-refractivity contribution in [1.29, 1.82) is 0 Å². The predicted molar refractivity (Wildman–Crippen MR) is 37.4 cm³/mol. The summed E-state index contributed by atoms with van der Waals surface area (Å²) in [4.78, 5) is 9.89. The molecule has 0 aromatic heterocycles. The van der Waals surface area contributed by atoms with E-state index in [1.165, 1.54) is 0 Å². The lowest BCUT2D eigenvalue weighted by Crippen LogP contribution is -2.23. The molecule has 10 heavy (non-hydrogen) atoms. The van der Waals surface area contributed by atoms with Crippen LogP contribution in [0.5, 0.6) is 0 Å². The van der Waals surface area contributed by atoms with E-state index in [9.17, 15) is 9.18 Å². The molecule has 0 aromatic rings. The van der Waals surface area contributed by atoms with Crippen molar-refractivity contribution in [3.63, 3.8) is 0 Å². The zero-order valence-electron chi connectivity index (χ0n) is 4.65. The molecule has 0 rings (SSSR count). The third kappa shape index (κ3) is 4.14. The molecule has 2 nitrogen and oxygen atoms in total. The molecule has 1 unspecified atom stereocenters. The predicted octanol–water partition coefficient (Wildman–Crippen LogP) is 2.17. The number of hydrogen-bond donors (Lipinski definition) is 1. The topological polar surface area (TPSA) is 37.3 Å². The van der Waals surface area contributed by atoms with E-state index in [1.807, 2.05) is 0 Å². The second-order valence-electron chi connectivity index (χ2n) is 1.61. The molecular weight excluding hydrogens is 205 g/mol. The van der Waals surface area contributed by atoms with Crippen LogP contribution in [-0.2, 0) is 4.79 Å². The summed E-state index contributed by atoms with van der Waals surface area (Å²) >= 11 is 14.8. The van der Waals surface area contributed by atoms with E-state index in [-0.39, 0.29) is 0 Å². The highest BCUT2D eigenvalue weighted by atomic mass is 35.5. The minimum Gasteiger partial charge on any atom is -0.481 e. The lowest BCUT2D eigenvalue weighted by atomic mass is 10.3. The van der Waals surface area contributed by atoms with Crippen LogP contribution in [0, 0.1) is 0 Å². The number of carbonyl (C=O) groups is 1. The van der Waals surface area contributed by atoms with Crippen LogP contribution < -0.4 is 0 Å². The second-order valence-corrected chi connectivity index (χ2v) is 3.43. The number of hydrogen-bond acceptors (Lipinski definition) is 1. The van der Waals surface area contributed by atoms with Gasteiger partial charge in [-0.25, -0.2) is 4.39 Å². The molecule has 1 atom stereocenters. The zero-order valence-corrected chi connectivity index (χ0v) is 6.92. The van der Waals surface area contributed by atoms with Crippen molar-refractivity contribution in [2.75, 3.05) is 0 Å². The summed E-state index contributed by atoms with van der Waals surface area (Å²) in [5, 5.41) is 6.66. The SMILES string of the molecule is O=C(O)CC(Cl)C(F)(Cl)Cl. The van der Waals surface area contributed by atoms with Crippen molar-refractivity contribution >= 4 is 40.8 Å². The maximum Gasteiger partial charge on any atom is 0.305 e. The van der Waals surface area contributed by atoms with E-state index in [0.29, 0.717) is 0 Å². The summed E-state index contributed by atoms with van der Waals surface area (Å²) in [5.41, 5.74) is 0. The summed E-state index contributed by atoms with van der Waals surface area (Å²) in [7, 11) is 0. The fourth-order valence-corrected chi connectivity index (χ4v) is 0.555. The standard InChI is InChI=1S/C4H4Cl3FO2/c5-2(1-3(9)10)4(6,7)8/h2H,1H2,(H,9,10). The molecule has 0 radical (unpaired) electrons. The maximum atomic E-state index is 12.3. The Bertz CT molecular complexity index is 133. The molecule has 0 aliphatic rings. The Kier molecular flexibility index (Phi) is 3.70. The Morgan fingerprint density at radius 1 is 1.70 bits per heavy atom. The molecule has 0 saturated carbocycles. The molecule has 0 aromatic carbocycles. The van der Waals surface area contributed by atoms with E-state index in [4.69, 9.17) is 39.9 Å². The Labute approximate surface area is 71.9 Å². The monoisotopic (exact) mass is 208 g/mol. The molecule has 0 spiro atoms. The normalized spacial score (nSPS) is 14.8. The van der Waals surface area contributed by atoms with Crippen molar-refractivity contribution in [2.24, 2.45) is 0 Å². The Morgan fingerprint density at radius 2 is 2.10 bits per heavy atom. The summed E-state index contributed by atoms with van der Waals surface area (Å²) in [6.45, 7) is 0. The third-order valence-electron chi connectivity index (χ3n) is 0.709. The number of alkyl halides is 4. The highest BCUT2D eigenvalue weighted by Gasteiger charge is 2.34. The number of carboxylic acids is 1. The van der Waals surface area contributed by atoms with Crippen LogP contribution in [0.4, 0.5) is 4.39 Å². The van der Waals surface area contributed by atoms with Gasteiger partial charge in [0.15, 0.2) is 0 Å². The van der Waals surface area contributed by atoms with Gasteiger partial charge in [-0.3, -0.25) is 4.79 Å². The lowest BCUT2D eigenvalue weighted by Gasteiger charge is -2.13. The molecule has 0 aliphatic heterocycles. The molecule has 0 bridgehead atoms. The van der Waals surface area contributed by atoms with E-state index in [2.05, 4.69) is 0 Å². The van der Waals surface area contributed by atoms with Crippen LogP contribution in [0.2, 0.25) is 0 Å². The van der Waals surface area contributed by atoms with Gasteiger partial charge in [0.1, 0.15) is 5.38 Å². The van der Waals surface area contributed by atoms with Gasteiger partial charge >= 0.3 is 5.97 Å². The molecule has 6 heteroatoms. The molecule has 0 amide bonds. The van der Waals surface area contributed by atoms with E-state index < -0.39 is 22.4 Å². The highest BCUT2D eigenvalue weighted by Crippen LogP contribution is 2.32. The van der Waals surface area contributed by atoms with Crippen LogP contribution in [0.15, 0.2) is 0 Å². The number of rotatable bonds is 3. The van der Waals surface area contributed by atoms with Gasteiger partial charge in [-0.15, -0.1) is 11.6 Å². The van der Waals surface area contributed by atoms with Crippen molar-refractivity contribution in [2.45, 2.75) is 16.4 Å². The minimum atomic E-state index is -2.68. The molecule has 0 heterocycles. The minimum absolute atomic E-state index is 0.606. The van der Waals surface area contributed by atoms with E-state index in [0.717, 1.165) is 0 Å². The van der Waals surface area contributed by atoms with Crippen LogP contribution in [0.25, 0.3) is 0 Å². The first-order valence-corrected chi connectivity index (χ1v) is 3.46. The van der Waals surface area contributed by atoms with Gasteiger partial charge < -0.3 is 5.11 Å². The van der Waals surface area contributed by atoms with Gasteiger partial charge in [0.2, 0.25) is 0 Å². The second kappa shape index (κ2) is 3.60. The first-order chi connectivity index (χ1) is 4.34. The Balaban J connectivity index is 3.85. The van der Waals surface area contributed by atoms with Gasteiger partial charge in [0.25, 0.3) is 4.59 Å². The van der Waals surface area contributed by atoms with Crippen LogP contribution in [0.3, 0.4) is 0 Å². The van der Waals surface area contributed by atoms with Crippen LogP contribution >= 0.6 is 34.8 Å². The van der Waals surface area contributed by atoms with Crippen molar-refractivity contribution in [3.05, 3.63) is 0 Å². The van der Waals surface area contributed by atoms with Gasteiger partial charge in [0.05, 0.1) is 6.42 Å². The quantitative estimate of drug-likeness (QED) is 0.723. The number of halogens is 4. The number of aliphatic carboxylic acids is 1. The van der Waals surface area contributed by atoms with Crippen molar-refractivity contribution in [1.82, 2.24) is 0 Å². The first-order valence-electron chi connectivity index (χ1n) is 2.26. The average Bonchev–Trinajstić information content (AvgIpc) is 1.60. The molecule has 0 saturated heterocycles. The van der Waals surface area contributed by atoms with Crippen LogP contribution in [0.1, 0.15) is 6.42 Å². The van der Waals surface area contributed by atoms with Crippen molar-refractivity contribution < 1.29 is 14.3 Å². The fraction of sp³-hybridized carbons (Fsp3) is 0.750. The van der Waals surface area contributed by atoms with E-state index >= 15 is 0 Å². The third-order valence-corrected chi connectivity index (χ3v) is 1.91. The smallest absolute Gasteiger partial charge is 0.305 e. The summed E-state index contributed by atoms with van der Waals surface area (Å²) < 4.78 is 9.60. The molecule has 0 fully saturated rings. The van der Waals surface area contributed by atoms with E-state index in [1.54, 1.807) is 0 Å². The van der Waals surface area contributed by atoms with Gasteiger partial charge in [-0.1, -0.05) is 23.2 Å². The average molecular weight is 209 g/mol. The Hall–Kier alpha value is 0.270. The first kappa shape index (κ1) is 10.3. The summed E-state index contributed by atoms with van der Waals surface area (Å²) in [6, 6.07) is 0. The highest BCUT2D eigenvalue weighted by molar-refractivity contribution is 6.51. The molecular formula is C4H4Cl3FO2. The van der Waals surface area contributed by atoms with Crippen molar-refractivity contribution in [3.8, 4) is 0 Å². The molecule has 60 valence electrons. The summed E-state index contributed by atoms with van der Waals surface area (Å²) in [5.74, 6) is -1.25.